The molecule has 2 N–H and O–H groups in total. The molecule has 0 saturated heterocycles. The molecule has 1 aromatic heterocycles. The predicted molar refractivity (Wildman–Crippen MR) is 101 cm³/mol. The van der Waals surface area contributed by atoms with Gasteiger partial charge in [-0.2, -0.15) is 0 Å². The Balaban J connectivity index is 1.86. The van der Waals surface area contributed by atoms with Crippen molar-refractivity contribution in [3.63, 3.8) is 0 Å². The number of rotatable bonds is 4. The lowest BCUT2D eigenvalue weighted by molar-refractivity contribution is 0.102. The zero-order valence-electron chi connectivity index (χ0n) is 12.5. The Morgan fingerprint density at radius 1 is 1.04 bits per heavy atom. The van der Waals surface area contributed by atoms with Crippen molar-refractivity contribution in [2.24, 2.45) is 0 Å². The van der Waals surface area contributed by atoms with Crippen LogP contribution in [0.5, 0.6) is 0 Å². The van der Waals surface area contributed by atoms with Gasteiger partial charge in [-0.05, 0) is 58.4 Å². The Morgan fingerprint density at radius 3 is 2.67 bits per heavy atom. The zero-order chi connectivity index (χ0) is 16.9. The van der Waals surface area contributed by atoms with E-state index in [1.807, 2.05) is 24.3 Å². The lowest BCUT2D eigenvalue weighted by Crippen LogP contribution is -2.14. The monoisotopic (exact) mass is 401 g/mol. The highest BCUT2D eigenvalue weighted by Gasteiger charge is 2.13. The minimum atomic E-state index is -0.264. The first-order valence-corrected chi connectivity index (χ1v) is 8.34. The molecule has 0 aliphatic heterocycles. The number of pyridine rings is 1. The number of carbonyl (C=O) groups excluding carboxylic acids is 1. The molecule has 0 unspecified atom stereocenters. The number of carbonyl (C=O) groups is 1. The molecule has 0 aliphatic carbocycles. The van der Waals surface area contributed by atoms with Crippen molar-refractivity contribution in [2.75, 3.05) is 10.6 Å². The molecule has 2 aromatic carbocycles. The van der Waals surface area contributed by atoms with E-state index in [9.17, 15) is 4.79 Å². The van der Waals surface area contributed by atoms with E-state index < -0.39 is 0 Å². The van der Waals surface area contributed by atoms with Gasteiger partial charge in [-0.1, -0.05) is 29.8 Å². The topological polar surface area (TPSA) is 54.0 Å². The van der Waals surface area contributed by atoms with Crippen LogP contribution in [0.25, 0.3) is 0 Å². The summed E-state index contributed by atoms with van der Waals surface area (Å²) in [6.45, 7) is 0. The number of anilines is 3. The van der Waals surface area contributed by atoms with Crippen LogP contribution in [-0.4, -0.2) is 10.9 Å². The van der Waals surface area contributed by atoms with E-state index in [0.29, 0.717) is 22.1 Å². The maximum absolute atomic E-state index is 12.6. The van der Waals surface area contributed by atoms with Gasteiger partial charge in [0, 0.05) is 21.4 Å². The van der Waals surface area contributed by atoms with Gasteiger partial charge >= 0.3 is 0 Å². The molecule has 1 heterocycles. The fourth-order valence-corrected chi connectivity index (χ4v) is 2.72. The van der Waals surface area contributed by atoms with E-state index in [1.165, 1.54) is 0 Å². The highest BCUT2D eigenvalue weighted by Crippen LogP contribution is 2.26. The van der Waals surface area contributed by atoms with Gasteiger partial charge in [-0.25, -0.2) is 4.98 Å². The maximum atomic E-state index is 12.6. The number of amides is 1. The van der Waals surface area contributed by atoms with Crippen molar-refractivity contribution < 1.29 is 4.79 Å². The minimum Gasteiger partial charge on any atom is -0.339 e. The number of para-hydroxylation sites is 1. The number of aromatic nitrogens is 1. The summed E-state index contributed by atoms with van der Waals surface area (Å²) in [4.78, 5) is 16.9. The lowest BCUT2D eigenvalue weighted by Gasteiger charge is -2.12. The fourth-order valence-electron chi connectivity index (χ4n) is 2.14. The summed E-state index contributed by atoms with van der Waals surface area (Å²) in [6.07, 6.45) is 1.63. The van der Waals surface area contributed by atoms with Gasteiger partial charge in [0.1, 0.15) is 5.82 Å². The summed E-state index contributed by atoms with van der Waals surface area (Å²) in [7, 11) is 0. The van der Waals surface area contributed by atoms with Crippen LogP contribution in [0.3, 0.4) is 0 Å². The van der Waals surface area contributed by atoms with Crippen LogP contribution in [0.2, 0.25) is 5.02 Å². The number of benzene rings is 2. The molecule has 1 amide bonds. The first-order chi connectivity index (χ1) is 11.6. The van der Waals surface area contributed by atoms with E-state index in [0.717, 1.165) is 10.2 Å². The second-order valence-corrected chi connectivity index (χ2v) is 6.26. The average molecular weight is 403 g/mol. The average Bonchev–Trinajstić information content (AvgIpc) is 2.57. The molecule has 24 heavy (non-hydrogen) atoms. The van der Waals surface area contributed by atoms with E-state index in [1.54, 1.807) is 42.6 Å². The molecule has 3 rings (SSSR count). The van der Waals surface area contributed by atoms with E-state index in [4.69, 9.17) is 11.6 Å². The van der Waals surface area contributed by atoms with Crippen LogP contribution in [0, 0.1) is 0 Å². The molecule has 0 saturated carbocycles. The number of hydrogen-bond donors (Lipinski definition) is 2. The summed E-state index contributed by atoms with van der Waals surface area (Å²) >= 11 is 9.42. The summed E-state index contributed by atoms with van der Waals surface area (Å²) < 4.78 is 0.886. The van der Waals surface area contributed by atoms with Crippen LogP contribution < -0.4 is 10.6 Å². The summed E-state index contributed by atoms with van der Waals surface area (Å²) in [5.41, 5.74) is 1.89. The molecule has 0 bridgehead atoms. The quantitative estimate of drug-likeness (QED) is 0.606. The van der Waals surface area contributed by atoms with Crippen LogP contribution in [0.15, 0.2) is 71.3 Å². The summed E-state index contributed by atoms with van der Waals surface area (Å²) in [5.74, 6) is 0.212. The Labute approximate surface area is 153 Å². The molecule has 0 fully saturated rings. The molecule has 120 valence electrons. The first kappa shape index (κ1) is 16.5. The normalized spacial score (nSPS) is 10.2. The second-order valence-electron chi connectivity index (χ2n) is 4.97. The smallest absolute Gasteiger partial charge is 0.259 e. The highest BCUT2D eigenvalue weighted by atomic mass is 79.9. The third-order valence-electron chi connectivity index (χ3n) is 3.26. The largest absolute Gasteiger partial charge is 0.339 e. The van der Waals surface area contributed by atoms with Gasteiger partial charge in [-0.3, -0.25) is 4.79 Å². The number of nitrogens with zero attached hydrogens (tertiary/aromatic N) is 1. The van der Waals surface area contributed by atoms with Crippen LogP contribution >= 0.6 is 27.5 Å². The molecule has 3 aromatic rings. The van der Waals surface area contributed by atoms with Crippen molar-refractivity contribution in [1.82, 2.24) is 4.98 Å². The lowest BCUT2D eigenvalue weighted by atomic mass is 10.2. The minimum absolute atomic E-state index is 0.264. The van der Waals surface area contributed by atoms with E-state index in [2.05, 4.69) is 31.5 Å². The van der Waals surface area contributed by atoms with Crippen LogP contribution in [-0.2, 0) is 0 Å². The van der Waals surface area contributed by atoms with Crippen molar-refractivity contribution in [2.45, 2.75) is 0 Å². The van der Waals surface area contributed by atoms with Crippen molar-refractivity contribution in [3.8, 4) is 0 Å². The van der Waals surface area contributed by atoms with Crippen molar-refractivity contribution >= 4 is 50.6 Å². The molecule has 6 heteroatoms. The predicted octanol–water partition coefficient (Wildman–Crippen LogP) is 5.49. The molecule has 4 nitrogen and oxygen atoms in total. The standard InChI is InChI=1S/C18H13BrClN3O/c19-15-8-1-2-9-16(15)23-17-14(7-4-10-21-17)18(24)22-13-6-3-5-12(20)11-13/h1-11H,(H,21,23)(H,22,24). The summed E-state index contributed by atoms with van der Waals surface area (Å²) in [5, 5.41) is 6.56. The van der Waals surface area contributed by atoms with Gasteiger partial charge in [-0.15, -0.1) is 0 Å². The fraction of sp³-hybridized carbons (Fsp3) is 0. The van der Waals surface area contributed by atoms with Gasteiger partial charge in [0.15, 0.2) is 0 Å². The maximum Gasteiger partial charge on any atom is 0.259 e. The summed E-state index contributed by atoms with van der Waals surface area (Å²) in [6, 6.07) is 18.1. The SMILES string of the molecule is O=C(Nc1cccc(Cl)c1)c1cccnc1Nc1ccccc1Br. The number of nitrogens with one attached hydrogen (secondary N) is 2. The van der Waals surface area contributed by atoms with Crippen LogP contribution in [0.4, 0.5) is 17.2 Å². The van der Waals surface area contributed by atoms with Gasteiger partial charge in [0.2, 0.25) is 0 Å². The Bertz CT molecular complexity index is 885. The van der Waals surface area contributed by atoms with Crippen molar-refractivity contribution in [1.29, 1.82) is 0 Å². The third kappa shape index (κ3) is 3.93. The zero-order valence-corrected chi connectivity index (χ0v) is 14.8. The molecular weight excluding hydrogens is 390 g/mol. The highest BCUT2D eigenvalue weighted by molar-refractivity contribution is 9.10. The van der Waals surface area contributed by atoms with Crippen LogP contribution in [0.1, 0.15) is 10.4 Å². The van der Waals surface area contributed by atoms with Gasteiger partial charge in [0.25, 0.3) is 5.91 Å². The molecular formula is C18H13BrClN3O. The Kier molecular flexibility index (Phi) is 5.13. The molecule has 0 radical (unpaired) electrons. The second kappa shape index (κ2) is 7.47. The first-order valence-electron chi connectivity index (χ1n) is 7.17. The Hall–Kier alpha value is -2.37. The van der Waals surface area contributed by atoms with Gasteiger partial charge in [0.05, 0.1) is 11.3 Å². The number of halogens is 2. The molecule has 0 spiro atoms. The molecule has 0 atom stereocenters. The number of hydrogen-bond acceptors (Lipinski definition) is 3. The van der Waals surface area contributed by atoms with E-state index >= 15 is 0 Å². The van der Waals surface area contributed by atoms with Gasteiger partial charge < -0.3 is 10.6 Å². The van der Waals surface area contributed by atoms with Crippen molar-refractivity contribution in [3.05, 3.63) is 81.9 Å². The Morgan fingerprint density at radius 2 is 1.88 bits per heavy atom. The third-order valence-corrected chi connectivity index (χ3v) is 4.19. The van der Waals surface area contributed by atoms with E-state index in [-0.39, 0.29) is 5.91 Å². The molecule has 0 aliphatic rings.